The molecule has 154 valence electrons. The maximum absolute atomic E-state index is 12.5. The fraction of sp³-hybridized carbons (Fsp3) is 0.200. The van der Waals surface area contributed by atoms with Crippen LogP contribution in [0.3, 0.4) is 0 Å². The topological polar surface area (TPSA) is 67.4 Å². The summed E-state index contributed by atoms with van der Waals surface area (Å²) in [6, 6.07) is 21.6. The SMILES string of the molecule is COc1cccc(C(=O)Nc2ccc(NC(=O)c3ccc(C(C)(C)C)cc3)cc2)c1. The van der Waals surface area contributed by atoms with Gasteiger partial charge in [-0.25, -0.2) is 0 Å². The van der Waals surface area contributed by atoms with Crippen molar-refractivity contribution < 1.29 is 14.3 Å². The van der Waals surface area contributed by atoms with Crippen molar-refractivity contribution in [3.63, 3.8) is 0 Å². The van der Waals surface area contributed by atoms with Gasteiger partial charge < -0.3 is 15.4 Å². The fourth-order valence-corrected chi connectivity index (χ4v) is 2.93. The summed E-state index contributed by atoms with van der Waals surface area (Å²) in [5.41, 5.74) is 3.61. The lowest BCUT2D eigenvalue weighted by Gasteiger charge is -2.19. The van der Waals surface area contributed by atoms with E-state index in [-0.39, 0.29) is 17.2 Å². The second kappa shape index (κ2) is 8.82. The van der Waals surface area contributed by atoms with Crippen LogP contribution in [-0.2, 0) is 5.41 Å². The molecule has 2 amide bonds. The number of carbonyl (C=O) groups excluding carboxylic acids is 2. The molecule has 0 aliphatic rings. The van der Waals surface area contributed by atoms with Gasteiger partial charge in [-0.1, -0.05) is 39.0 Å². The molecule has 0 saturated heterocycles. The zero-order chi connectivity index (χ0) is 21.7. The summed E-state index contributed by atoms with van der Waals surface area (Å²) in [4.78, 5) is 24.9. The van der Waals surface area contributed by atoms with Gasteiger partial charge in [0.25, 0.3) is 11.8 Å². The third kappa shape index (κ3) is 5.26. The molecule has 0 unspecified atom stereocenters. The van der Waals surface area contributed by atoms with Crippen LogP contribution >= 0.6 is 0 Å². The molecule has 0 fully saturated rings. The van der Waals surface area contributed by atoms with E-state index in [1.807, 2.05) is 24.3 Å². The summed E-state index contributed by atoms with van der Waals surface area (Å²) in [5, 5.41) is 5.71. The van der Waals surface area contributed by atoms with Crippen LogP contribution < -0.4 is 15.4 Å². The molecule has 3 rings (SSSR count). The van der Waals surface area contributed by atoms with E-state index in [1.54, 1.807) is 55.6 Å². The predicted molar refractivity (Wildman–Crippen MR) is 120 cm³/mol. The van der Waals surface area contributed by atoms with E-state index < -0.39 is 0 Å². The van der Waals surface area contributed by atoms with E-state index in [1.165, 1.54) is 5.56 Å². The summed E-state index contributed by atoms with van der Waals surface area (Å²) < 4.78 is 5.15. The van der Waals surface area contributed by atoms with Crippen molar-refractivity contribution in [1.82, 2.24) is 0 Å². The maximum atomic E-state index is 12.5. The molecule has 0 bridgehead atoms. The lowest BCUT2D eigenvalue weighted by atomic mass is 9.87. The molecular weight excluding hydrogens is 376 g/mol. The molecule has 0 heterocycles. The minimum Gasteiger partial charge on any atom is -0.497 e. The van der Waals surface area contributed by atoms with Crippen LogP contribution in [0.4, 0.5) is 11.4 Å². The number of benzene rings is 3. The maximum Gasteiger partial charge on any atom is 0.255 e. The first kappa shape index (κ1) is 21.1. The number of nitrogens with one attached hydrogen (secondary N) is 2. The molecule has 0 spiro atoms. The number of rotatable bonds is 5. The van der Waals surface area contributed by atoms with Crippen LogP contribution in [-0.4, -0.2) is 18.9 Å². The van der Waals surface area contributed by atoms with E-state index in [0.29, 0.717) is 28.3 Å². The van der Waals surface area contributed by atoms with E-state index in [0.717, 1.165) is 0 Å². The number of anilines is 2. The van der Waals surface area contributed by atoms with Crippen LogP contribution in [0.15, 0.2) is 72.8 Å². The molecule has 30 heavy (non-hydrogen) atoms. The molecule has 3 aromatic rings. The third-order valence-corrected chi connectivity index (χ3v) is 4.75. The Balaban J connectivity index is 1.62. The minimum atomic E-state index is -0.232. The first-order chi connectivity index (χ1) is 14.3. The highest BCUT2D eigenvalue weighted by Gasteiger charge is 2.14. The minimum absolute atomic E-state index is 0.0418. The molecule has 0 saturated carbocycles. The van der Waals surface area contributed by atoms with Gasteiger partial charge in [-0.2, -0.15) is 0 Å². The molecule has 5 heteroatoms. The highest BCUT2D eigenvalue weighted by atomic mass is 16.5. The van der Waals surface area contributed by atoms with E-state index in [4.69, 9.17) is 4.74 Å². The lowest BCUT2D eigenvalue weighted by molar-refractivity contribution is 0.101. The lowest BCUT2D eigenvalue weighted by Crippen LogP contribution is -2.14. The van der Waals surface area contributed by atoms with Gasteiger partial charge in [0.05, 0.1) is 7.11 Å². The Labute approximate surface area is 177 Å². The van der Waals surface area contributed by atoms with Gasteiger partial charge in [0.2, 0.25) is 0 Å². The zero-order valence-corrected chi connectivity index (χ0v) is 17.7. The van der Waals surface area contributed by atoms with Crippen LogP contribution in [0.1, 0.15) is 47.1 Å². The Morgan fingerprint density at radius 1 is 0.733 bits per heavy atom. The molecule has 0 aliphatic carbocycles. The van der Waals surface area contributed by atoms with Crippen molar-refractivity contribution in [3.8, 4) is 5.75 Å². The largest absolute Gasteiger partial charge is 0.497 e. The van der Waals surface area contributed by atoms with E-state index >= 15 is 0 Å². The normalized spacial score (nSPS) is 10.9. The molecule has 2 N–H and O–H groups in total. The summed E-state index contributed by atoms with van der Waals surface area (Å²) in [7, 11) is 1.56. The van der Waals surface area contributed by atoms with Gasteiger partial charge in [-0.3, -0.25) is 9.59 Å². The molecule has 0 atom stereocenters. The first-order valence-electron chi connectivity index (χ1n) is 9.73. The quantitative estimate of drug-likeness (QED) is 0.592. The Hall–Kier alpha value is -3.60. The van der Waals surface area contributed by atoms with Crippen LogP contribution in [0.5, 0.6) is 5.75 Å². The Bertz CT molecular complexity index is 1030. The predicted octanol–water partition coefficient (Wildman–Crippen LogP) is 5.50. The average molecular weight is 402 g/mol. The smallest absolute Gasteiger partial charge is 0.255 e. The van der Waals surface area contributed by atoms with E-state index in [2.05, 4.69) is 31.4 Å². The van der Waals surface area contributed by atoms with Crippen molar-refractivity contribution >= 4 is 23.2 Å². The van der Waals surface area contributed by atoms with Gasteiger partial charge in [-0.15, -0.1) is 0 Å². The van der Waals surface area contributed by atoms with Gasteiger partial charge in [-0.05, 0) is 65.6 Å². The third-order valence-electron chi connectivity index (χ3n) is 4.75. The van der Waals surface area contributed by atoms with Gasteiger partial charge in [0.15, 0.2) is 0 Å². The van der Waals surface area contributed by atoms with Crippen molar-refractivity contribution in [2.75, 3.05) is 17.7 Å². The molecular formula is C25H26N2O3. The number of hydrogen-bond donors (Lipinski definition) is 2. The van der Waals surface area contributed by atoms with Crippen LogP contribution in [0.25, 0.3) is 0 Å². The highest BCUT2D eigenvalue weighted by Crippen LogP contribution is 2.23. The van der Waals surface area contributed by atoms with Gasteiger partial charge in [0.1, 0.15) is 5.75 Å². The van der Waals surface area contributed by atoms with Crippen molar-refractivity contribution in [3.05, 3.63) is 89.5 Å². The van der Waals surface area contributed by atoms with Gasteiger partial charge >= 0.3 is 0 Å². The first-order valence-corrected chi connectivity index (χ1v) is 9.73. The summed E-state index contributed by atoms with van der Waals surface area (Å²) >= 11 is 0. The number of methoxy groups -OCH3 is 1. The van der Waals surface area contributed by atoms with Crippen LogP contribution in [0, 0.1) is 0 Å². The monoisotopic (exact) mass is 402 g/mol. The molecule has 0 radical (unpaired) electrons. The Morgan fingerprint density at radius 2 is 1.27 bits per heavy atom. The fourth-order valence-electron chi connectivity index (χ4n) is 2.93. The summed E-state index contributed by atoms with van der Waals surface area (Å²) in [6.45, 7) is 6.41. The number of ether oxygens (including phenoxy) is 1. The second-order valence-corrected chi connectivity index (χ2v) is 8.04. The van der Waals surface area contributed by atoms with E-state index in [9.17, 15) is 9.59 Å². The molecule has 0 aliphatic heterocycles. The number of carbonyl (C=O) groups is 2. The zero-order valence-electron chi connectivity index (χ0n) is 17.7. The molecule has 3 aromatic carbocycles. The number of hydrogen-bond acceptors (Lipinski definition) is 3. The molecule has 5 nitrogen and oxygen atoms in total. The van der Waals surface area contributed by atoms with Crippen molar-refractivity contribution in [1.29, 1.82) is 0 Å². The second-order valence-electron chi connectivity index (χ2n) is 8.04. The highest BCUT2D eigenvalue weighted by molar-refractivity contribution is 6.05. The Kier molecular flexibility index (Phi) is 6.21. The standard InChI is InChI=1S/C25H26N2O3/c1-25(2,3)19-10-8-17(9-11-19)23(28)26-20-12-14-21(15-13-20)27-24(29)18-6-5-7-22(16-18)30-4/h5-16H,1-4H3,(H,26,28)(H,27,29). The van der Waals surface area contributed by atoms with Crippen molar-refractivity contribution in [2.24, 2.45) is 0 Å². The average Bonchev–Trinajstić information content (AvgIpc) is 2.74. The Morgan fingerprint density at radius 3 is 1.77 bits per heavy atom. The summed E-state index contributed by atoms with van der Waals surface area (Å²) in [6.07, 6.45) is 0. The number of amides is 2. The van der Waals surface area contributed by atoms with Crippen molar-refractivity contribution in [2.45, 2.75) is 26.2 Å². The van der Waals surface area contributed by atoms with Gasteiger partial charge in [0, 0.05) is 22.5 Å². The molecule has 0 aromatic heterocycles. The van der Waals surface area contributed by atoms with Crippen LogP contribution in [0.2, 0.25) is 0 Å². The summed E-state index contributed by atoms with van der Waals surface area (Å²) in [5.74, 6) is 0.212.